The summed E-state index contributed by atoms with van der Waals surface area (Å²) < 4.78 is 17.1. The lowest BCUT2D eigenvalue weighted by atomic mass is 9.70. The molecule has 2 aliphatic rings. The predicted octanol–water partition coefficient (Wildman–Crippen LogP) is 8.13. The van der Waals surface area contributed by atoms with Crippen molar-refractivity contribution in [2.45, 2.75) is 58.8 Å². The van der Waals surface area contributed by atoms with E-state index in [2.05, 4.69) is 84.7 Å². The van der Waals surface area contributed by atoms with Crippen LogP contribution < -0.4 is 19.5 Å². The van der Waals surface area contributed by atoms with Crippen LogP contribution in [0.4, 0.5) is 5.69 Å². The summed E-state index contributed by atoms with van der Waals surface area (Å²) in [6.45, 7) is 9.76. The number of allylic oxidation sites excluding steroid dienone is 1. The highest BCUT2D eigenvalue weighted by atomic mass is 16.5. The number of benzene rings is 3. The van der Waals surface area contributed by atoms with Gasteiger partial charge in [-0.15, -0.1) is 0 Å². The zero-order chi connectivity index (χ0) is 29.4. The van der Waals surface area contributed by atoms with E-state index in [1.165, 1.54) is 66.6 Å². The van der Waals surface area contributed by atoms with Crippen molar-refractivity contribution in [2.24, 2.45) is 5.41 Å². The van der Waals surface area contributed by atoms with Gasteiger partial charge in [0.1, 0.15) is 23.9 Å². The van der Waals surface area contributed by atoms with E-state index < -0.39 is 0 Å². The highest BCUT2D eigenvalue weighted by Crippen LogP contribution is 2.46. The fourth-order valence-corrected chi connectivity index (χ4v) is 6.32. The number of nitrogens with one attached hydrogen (secondary N) is 1. The van der Waals surface area contributed by atoms with Crippen LogP contribution in [-0.4, -0.2) is 51.9 Å². The van der Waals surface area contributed by atoms with E-state index in [-0.39, 0.29) is 5.41 Å². The number of ether oxygens (including phenoxy) is 3. The van der Waals surface area contributed by atoms with Gasteiger partial charge in [-0.3, -0.25) is 4.90 Å². The van der Waals surface area contributed by atoms with Gasteiger partial charge in [0.25, 0.3) is 0 Å². The van der Waals surface area contributed by atoms with Crippen molar-refractivity contribution < 1.29 is 14.2 Å². The fraction of sp³-hybridized carbons (Fsp3) is 0.459. The molecule has 0 saturated carbocycles. The van der Waals surface area contributed by atoms with E-state index in [0.29, 0.717) is 0 Å². The molecule has 0 spiro atoms. The van der Waals surface area contributed by atoms with Crippen LogP contribution in [0.1, 0.15) is 68.2 Å². The van der Waals surface area contributed by atoms with Crippen molar-refractivity contribution in [3.63, 3.8) is 0 Å². The zero-order valence-electron chi connectivity index (χ0n) is 26.0. The minimum Gasteiger partial charge on any atom is -0.497 e. The monoisotopic (exact) mass is 568 g/mol. The Morgan fingerprint density at radius 2 is 1.50 bits per heavy atom. The van der Waals surface area contributed by atoms with E-state index in [4.69, 9.17) is 14.2 Å². The lowest BCUT2D eigenvalue weighted by Crippen LogP contribution is -2.29. The van der Waals surface area contributed by atoms with Gasteiger partial charge < -0.3 is 19.5 Å². The van der Waals surface area contributed by atoms with E-state index in [0.717, 1.165) is 61.9 Å². The summed E-state index contributed by atoms with van der Waals surface area (Å²) in [5, 5.41) is 3.74. The van der Waals surface area contributed by atoms with Gasteiger partial charge in [0.2, 0.25) is 0 Å². The minimum atomic E-state index is -0.0126. The number of anilines is 1. The molecule has 3 aromatic carbocycles. The molecule has 0 amide bonds. The molecule has 0 unspecified atom stereocenters. The van der Waals surface area contributed by atoms with Crippen LogP contribution in [0.5, 0.6) is 17.2 Å². The Balaban J connectivity index is 1.18. The summed E-state index contributed by atoms with van der Waals surface area (Å²) in [7, 11) is 3.46. The van der Waals surface area contributed by atoms with E-state index in [1.807, 2.05) is 6.07 Å². The van der Waals surface area contributed by atoms with Gasteiger partial charge in [-0.1, -0.05) is 51.0 Å². The molecular weight excluding hydrogens is 520 g/mol. The number of nitrogens with zero attached hydrogens (tertiary/aromatic N) is 1. The molecule has 1 aliphatic carbocycles. The average molecular weight is 569 g/mol. The third-order valence-corrected chi connectivity index (χ3v) is 8.78. The van der Waals surface area contributed by atoms with Gasteiger partial charge in [0.05, 0.1) is 14.2 Å². The number of methoxy groups -OCH3 is 2. The van der Waals surface area contributed by atoms with Crippen LogP contribution in [0.3, 0.4) is 0 Å². The SMILES string of the molecule is COc1ccc2c(c1)CC(C)(C)C(c1ccc(OC)cc1NCCCc1ccc(OCCN3CCCCCC3)cc1)=C2. The normalized spacial score (nSPS) is 16.6. The van der Waals surface area contributed by atoms with Crippen molar-refractivity contribution in [3.8, 4) is 17.2 Å². The zero-order valence-corrected chi connectivity index (χ0v) is 26.0. The summed E-state index contributed by atoms with van der Waals surface area (Å²) in [4.78, 5) is 2.55. The van der Waals surface area contributed by atoms with Gasteiger partial charge in [0, 0.05) is 30.4 Å². The second-order valence-corrected chi connectivity index (χ2v) is 12.4. The van der Waals surface area contributed by atoms with Crippen LogP contribution in [0, 0.1) is 5.41 Å². The first-order chi connectivity index (χ1) is 20.4. The van der Waals surface area contributed by atoms with Crippen molar-refractivity contribution in [2.75, 3.05) is 52.3 Å². The molecule has 0 atom stereocenters. The van der Waals surface area contributed by atoms with E-state index in [9.17, 15) is 0 Å². The summed E-state index contributed by atoms with van der Waals surface area (Å²) >= 11 is 0. The Kier molecular flexibility index (Phi) is 10.1. The van der Waals surface area contributed by atoms with Crippen LogP contribution in [0.2, 0.25) is 0 Å². The molecule has 1 aliphatic heterocycles. The molecular formula is C37H48N2O3. The van der Waals surface area contributed by atoms with Crippen molar-refractivity contribution in [1.29, 1.82) is 0 Å². The average Bonchev–Trinajstić information content (AvgIpc) is 3.28. The van der Waals surface area contributed by atoms with Gasteiger partial charge >= 0.3 is 0 Å². The molecule has 5 nitrogen and oxygen atoms in total. The predicted molar refractivity (Wildman–Crippen MR) is 175 cm³/mol. The molecule has 42 heavy (non-hydrogen) atoms. The van der Waals surface area contributed by atoms with Gasteiger partial charge in [-0.2, -0.15) is 0 Å². The Morgan fingerprint density at radius 3 is 2.24 bits per heavy atom. The maximum atomic E-state index is 6.05. The molecule has 224 valence electrons. The standard InChI is InChI=1S/C37H48N2O3/c1-37(2)27-30-24-32(40-3)16-13-29(30)25-35(37)34-18-17-33(41-4)26-36(34)38-19-9-10-28-11-14-31(15-12-28)42-23-22-39-20-7-5-6-8-21-39/h11-18,24-26,38H,5-10,19-23,27H2,1-4H3. The molecule has 1 N–H and O–H groups in total. The second kappa shape index (κ2) is 14.2. The molecule has 3 aromatic rings. The maximum absolute atomic E-state index is 6.05. The lowest BCUT2D eigenvalue weighted by molar-refractivity contribution is 0.214. The smallest absolute Gasteiger partial charge is 0.120 e. The molecule has 0 bridgehead atoms. The lowest BCUT2D eigenvalue weighted by Gasteiger charge is -2.34. The van der Waals surface area contributed by atoms with E-state index in [1.54, 1.807) is 14.2 Å². The van der Waals surface area contributed by atoms with Gasteiger partial charge in [-0.25, -0.2) is 0 Å². The Labute approximate surface area is 252 Å². The van der Waals surface area contributed by atoms with Crippen molar-refractivity contribution in [1.82, 2.24) is 4.90 Å². The number of fused-ring (bicyclic) bond motifs is 1. The molecule has 1 heterocycles. The third-order valence-electron chi connectivity index (χ3n) is 8.78. The first-order valence-corrected chi connectivity index (χ1v) is 15.7. The van der Waals surface area contributed by atoms with Gasteiger partial charge in [-0.05, 0) is 109 Å². The Hall–Kier alpha value is -3.44. The first kappa shape index (κ1) is 30.0. The molecule has 5 heteroatoms. The molecule has 1 fully saturated rings. The highest BCUT2D eigenvalue weighted by molar-refractivity contribution is 5.92. The Morgan fingerprint density at radius 1 is 0.810 bits per heavy atom. The van der Waals surface area contributed by atoms with E-state index >= 15 is 0 Å². The second-order valence-electron chi connectivity index (χ2n) is 12.4. The van der Waals surface area contributed by atoms with Crippen molar-refractivity contribution >= 4 is 17.3 Å². The van der Waals surface area contributed by atoms with Crippen LogP contribution in [0.25, 0.3) is 11.6 Å². The highest BCUT2D eigenvalue weighted by Gasteiger charge is 2.31. The maximum Gasteiger partial charge on any atom is 0.120 e. The minimum absolute atomic E-state index is 0.0126. The molecule has 1 saturated heterocycles. The first-order valence-electron chi connectivity index (χ1n) is 15.7. The van der Waals surface area contributed by atoms with Crippen LogP contribution in [0.15, 0.2) is 60.7 Å². The number of rotatable bonds is 12. The number of likely N-dealkylation sites (tertiary alicyclic amines) is 1. The third kappa shape index (κ3) is 7.69. The van der Waals surface area contributed by atoms with Crippen molar-refractivity contribution in [3.05, 3.63) is 82.9 Å². The number of aryl methyl sites for hydroxylation is 1. The fourth-order valence-electron chi connectivity index (χ4n) is 6.32. The number of hydrogen-bond donors (Lipinski definition) is 1. The number of hydrogen-bond acceptors (Lipinski definition) is 5. The summed E-state index contributed by atoms with van der Waals surface area (Å²) in [5.74, 6) is 2.75. The van der Waals surface area contributed by atoms with Crippen LogP contribution in [-0.2, 0) is 12.8 Å². The topological polar surface area (TPSA) is 43.0 Å². The quantitative estimate of drug-likeness (QED) is 0.224. The summed E-state index contributed by atoms with van der Waals surface area (Å²) in [6, 6.07) is 21.5. The Bertz CT molecular complexity index is 1340. The largest absolute Gasteiger partial charge is 0.497 e. The molecule has 5 rings (SSSR count). The van der Waals surface area contributed by atoms with Crippen LogP contribution >= 0.6 is 0 Å². The summed E-state index contributed by atoms with van der Waals surface area (Å²) in [6.07, 6.45) is 10.8. The molecule has 0 aromatic heterocycles. The molecule has 0 radical (unpaired) electrons. The summed E-state index contributed by atoms with van der Waals surface area (Å²) in [5.41, 5.74) is 7.63. The van der Waals surface area contributed by atoms with Gasteiger partial charge in [0.15, 0.2) is 0 Å².